The van der Waals surface area contributed by atoms with Gasteiger partial charge in [-0.05, 0) is 25.6 Å². The molecule has 0 radical (unpaired) electrons. The van der Waals surface area contributed by atoms with Gasteiger partial charge >= 0.3 is 0 Å². The topological polar surface area (TPSA) is 23.6 Å². The summed E-state index contributed by atoms with van der Waals surface area (Å²) in [4.78, 5) is 16.5. The third-order valence-electron chi connectivity index (χ3n) is 3.69. The Morgan fingerprint density at radius 2 is 2.11 bits per heavy atom. The summed E-state index contributed by atoms with van der Waals surface area (Å²) in [6, 6.07) is 6.88. The molecule has 2 rings (SSSR count). The number of carbonyl (C=O) groups excluding carboxylic acids is 1. The van der Waals surface area contributed by atoms with Crippen LogP contribution >= 0.6 is 0 Å². The number of hydrogen-bond acceptors (Lipinski definition) is 3. The van der Waals surface area contributed by atoms with Crippen LogP contribution in [0.25, 0.3) is 0 Å². The van der Waals surface area contributed by atoms with E-state index in [1.807, 2.05) is 0 Å². The van der Waals surface area contributed by atoms with Gasteiger partial charge in [0.15, 0.2) is 5.78 Å². The zero-order valence-corrected chi connectivity index (χ0v) is 11.6. The summed E-state index contributed by atoms with van der Waals surface area (Å²) < 4.78 is 13.5. The van der Waals surface area contributed by atoms with Crippen molar-refractivity contribution in [2.45, 2.75) is 19.4 Å². The standard InChI is InChI=1S/C15H21FN2O/c1-12-10-17(2)7-8-18(12)11-14(19)9-13-5-3-4-6-15(13)16/h3-6,12H,7-11H2,1-2H3. The molecule has 3 nitrogen and oxygen atoms in total. The Hall–Kier alpha value is -1.26. The normalized spacial score (nSPS) is 21.5. The number of hydrogen-bond donors (Lipinski definition) is 0. The van der Waals surface area contributed by atoms with Gasteiger partial charge in [0.25, 0.3) is 0 Å². The van der Waals surface area contributed by atoms with Crippen molar-refractivity contribution < 1.29 is 9.18 Å². The van der Waals surface area contributed by atoms with Crippen LogP contribution in [0.3, 0.4) is 0 Å². The van der Waals surface area contributed by atoms with Gasteiger partial charge in [0.1, 0.15) is 5.82 Å². The fourth-order valence-corrected chi connectivity index (χ4v) is 2.55. The summed E-state index contributed by atoms with van der Waals surface area (Å²) in [7, 11) is 2.09. The SMILES string of the molecule is CC1CN(C)CCN1CC(=O)Cc1ccccc1F. The number of Topliss-reactive ketones (excluding diaryl/α,β-unsaturated/α-hetero) is 1. The lowest BCUT2D eigenvalue weighted by Crippen LogP contribution is -2.52. The third kappa shape index (κ3) is 3.85. The molecule has 0 aliphatic carbocycles. The lowest BCUT2D eigenvalue weighted by atomic mass is 10.1. The third-order valence-corrected chi connectivity index (χ3v) is 3.69. The molecule has 0 saturated carbocycles. The monoisotopic (exact) mass is 264 g/mol. The number of ketones is 1. The van der Waals surface area contributed by atoms with E-state index in [0.29, 0.717) is 18.2 Å². The molecule has 0 N–H and O–H groups in total. The van der Waals surface area contributed by atoms with Crippen LogP contribution in [0.1, 0.15) is 12.5 Å². The quantitative estimate of drug-likeness (QED) is 0.825. The minimum atomic E-state index is -0.290. The molecule has 1 heterocycles. The Balaban J connectivity index is 1.90. The van der Waals surface area contributed by atoms with Crippen LogP contribution in [0.4, 0.5) is 4.39 Å². The van der Waals surface area contributed by atoms with Crippen molar-refractivity contribution >= 4 is 5.78 Å². The zero-order valence-electron chi connectivity index (χ0n) is 11.6. The summed E-state index contributed by atoms with van der Waals surface area (Å²) in [5.74, 6) is -0.205. The first-order valence-electron chi connectivity index (χ1n) is 6.74. The van der Waals surface area contributed by atoms with E-state index in [-0.39, 0.29) is 18.0 Å². The van der Waals surface area contributed by atoms with Crippen LogP contribution in [0.2, 0.25) is 0 Å². The second-order valence-corrected chi connectivity index (χ2v) is 5.39. The van der Waals surface area contributed by atoms with Crippen molar-refractivity contribution in [3.63, 3.8) is 0 Å². The maximum Gasteiger partial charge on any atom is 0.151 e. The Labute approximate surface area is 114 Å². The molecule has 1 aliphatic heterocycles. The lowest BCUT2D eigenvalue weighted by molar-refractivity contribution is -0.120. The molecular weight excluding hydrogens is 243 g/mol. The van der Waals surface area contributed by atoms with Crippen molar-refractivity contribution in [3.8, 4) is 0 Å². The van der Waals surface area contributed by atoms with Gasteiger partial charge in [-0.15, -0.1) is 0 Å². The first-order chi connectivity index (χ1) is 9.06. The average Bonchev–Trinajstić information content (AvgIpc) is 2.36. The molecule has 1 atom stereocenters. The average molecular weight is 264 g/mol. The molecule has 4 heteroatoms. The zero-order chi connectivity index (χ0) is 13.8. The Kier molecular flexibility index (Phi) is 4.66. The Morgan fingerprint density at radius 3 is 2.79 bits per heavy atom. The largest absolute Gasteiger partial charge is 0.304 e. The van der Waals surface area contributed by atoms with Crippen LogP contribution in [0.5, 0.6) is 0 Å². The molecule has 19 heavy (non-hydrogen) atoms. The van der Waals surface area contributed by atoms with Crippen LogP contribution in [0.15, 0.2) is 24.3 Å². The molecule has 104 valence electrons. The number of halogens is 1. The van der Waals surface area contributed by atoms with E-state index in [1.165, 1.54) is 6.07 Å². The summed E-state index contributed by atoms with van der Waals surface area (Å²) in [5, 5.41) is 0. The number of nitrogens with zero attached hydrogens (tertiary/aromatic N) is 2. The predicted molar refractivity (Wildman–Crippen MR) is 73.6 cm³/mol. The van der Waals surface area contributed by atoms with Gasteiger partial charge in [-0.3, -0.25) is 9.69 Å². The highest BCUT2D eigenvalue weighted by Gasteiger charge is 2.23. The fraction of sp³-hybridized carbons (Fsp3) is 0.533. The Bertz CT molecular complexity index is 450. The van der Waals surface area contributed by atoms with E-state index in [1.54, 1.807) is 18.2 Å². The molecule has 0 amide bonds. The van der Waals surface area contributed by atoms with Crippen molar-refractivity contribution in [1.82, 2.24) is 9.80 Å². The number of benzene rings is 1. The summed E-state index contributed by atoms with van der Waals surface area (Å²) >= 11 is 0. The highest BCUT2D eigenvalue weighted by molar-refractivity contribution is 5.82. The predicted octanol–water partition coefficient (Wildman–Crippen LogP) is 1.57. The highest BCUT2D eigenvalue weighted by Crippen LogP contribution is 2.11. The van der Waals surface area contributed by atoms with E-state index in [2.05, 4.69) is 23.8 Å². The first kappa shape index (κ1) is 14.2. The van der Waals surface area contributed by atoms with E-state index in [9.17, 15) is 9.18 Å². The van der Waals surface area contributed by atoms with Gasteiger partial charge < -0.3 is 4.90 Å². The second-order valence-electron chi connectivity index (χ2n) is 5.39. The van der Waals surface area contributed by atoms with Crippen molar-refractivity contribution in [1.29, 1.82) is 0 Å². The second kappa shape index (κ2) is 6.26. The molecule has 1 fully saturated rings. The van der Waals surface area contributed by atoms with Crippen LogP contribution in [-0.4, -0.2) is 54.9 Å². The van der Waals surface area contributed by atoms with Crippen LogP contribution < -0.4 is 0 Å². The van der Waals surface area contributed by atoms with Gasteiger partial charge in [0.05, 0.1) is 6.54 Å². The van der Waals surface area contributed by atoms with Gasteiger partial charge in [-0.2, -0.15) is 0 Å². The van der Waals surface area contributed by atoms with Gasteiger partial charge in [0, 0.05) is 32.1 Å². The molecular formula is C15H21FN2O. The van der Waals surface area contributed by atoms with Gasteiger partial charge in [0.2, 0.25) is 0 Å². The number of piperazine rings is 1. The van der Waals surface area contributed by atoms with Crippen LogP contribution in [-0.2, 0) is 11.2 Å². The first-order valence-corrected chi connectivity index (χ1v) is 6.74. The Morgan fingerprint density at radius 1 is 1.37 bits per heavy atom. The molecule has 1 unspecified atom stereocenters. The maximum atomic E-state index is 13.5. The molecule has 1 aromatic rings. The number of likely N-dealkylation sites (N-methyl/N-ethyl adjacent to an activating group) is 1. The molecule has 1 saturated heterocycles. The fourth-order valence-electron chi connectivity index (χ4n) is 2.55. The molecule has 0 aromatic heterocycles. The van der Waals surface area contributed by atoms with Gasteiger partial charge in [-0.1, -0.05) is 18.2 Å². The van der Waals surface area contributed by atoms with E-state index in [0.717, 1.165) is 19.6 Å². The number of carbonyl (C=O) groups is 1. The highest BCUT2D eigenvalue weighted by atomic mass is 19.1. The number of rotatable bonds is 4. The van der Waals surface area contributed by atoms with Crippen molar-refractivity contribution in [3.05, 3.63) is 35.6 Å². The lowest BCUT2D eigenvalue weighted by Gasteiger charge is -2.37. The van der Waals surface area contributed by atoms with E-state index >= 15 is 0 Å². The summed E-state index contributed by atoms with van der Waals surface area (Å²) in [6.07, 6.45) is 0.186. The van der Waals surface area contributed by atoms with Gasteiger partial charge in [-0.25, -0.2) is 4.39 Å². The maximum absolute atomic E-state index is 13.5. The van der Waals surface area contributed by atoms with E-state index in [4.69, 9.17) is 0 Å². The van der Waals surface area contributed by atoms with E-state index < -0.39 is 0 Å². The molecule has 0 bridgehead atoms. The smallest absolute Gasteiger partial charge is 0.151 e. The molecule has 0 spiro atoms. The summed E-state index contributed by atoms with van der Waals surface area (Å²) in [6.45, 7) is 5.42. The molecule has 1 aromatic carbocycles. The van der Waals surface area contributed by atoms with Crippen molar-refractivity contribution in [2.24, 2.45) is 0 Å². The minimum Gasteiger partial charge on any atom is -0.304 e. The minimum absolute atomic E-state index is 0.0847. The molecule has 1 aliphatic rings. The van der Waals surface area contributed by atoms with Crippen LogP contribution in [0, 0.1) is 5.82 Å². The summed E-state index contributed by atoms with van der Waals surface area (Å²) in [5.41, 5.74) is 0.495. The van der Waals surface area contributed by atoms with Crippen molar-refractivity contribution in [2.75, 3.05) is 33.2 Å².